The molecule has 0 saturated heterocycles. The molecule has 0 spiro atoms. The number of halogens is 1. The van der Waals surface area contributed by atoms with Gasteiger partial charge in [0.25, 0.3) is 11.8 Å². The molecule has 3 aromatic rings. The zero-order chi connectivity index (χ0) is 23.6. The maximum Gasteiger partial charge on any atom is 0.261 e. The van der Waals surface area contributed by atoms with E-state index in [4.69, 9.17) is 9.47 Å². The van der Waals surface area contributed by atoms with Crippen molar-refractivity contribution in [2.24, 2.45) is 0 Å². The van der Waals surface area contributed by atoms with Crippen LogP contribution in [0.3, 0.4) is 0 Å². The van der Waals surface area contributed by atoms with Gasteiger partial charge in [-0.15, -0.1) is 0 Å². The molecular formula is C24H28BrN3O4Si. The number of carbonyl (C=O) groups excluding carboxylic acids is 2. The van der Waals surface area contributed by atoms with Crippen LogP contribution in [0.2, 0.25) is 25.7 Å². The SMILES string of the molecule is C[Si](C)(C)CCOC(Br)c1cc2cc[nH]c2nc1OCCCN1C(=O)c2ccccc2C1=O. The van der Waals surface area contributed by atoms with Gasteiger partial charge in [-0.3, -0.25) is 14.5 Å². The molecule has 3 heterocycles. The lowest BCUT2D eigenvalue weighted by Gasteiger charge is -2.19. The van der Waals surface area contributed by atoms with Crippen LogP contribution >= 0.6 is 15.9 Å². The molecule has 0 radical (unpaired) electrons. The standard InChI is InChI=1S/C24H28BrN3O4Si/c1-33(2,3)14-13-31-20(25)19-15-16-9-10-26-21(16)27-22(19)32-12-6-11-28-23(29)17-7-4-5-8-18(17)24(28)30/h4-5,7-10,15,20H,6,11-14H2,1-3H3,(H,26,27). The van der Waals surface area contributed by atoms with Crippen molar-refractivity contribution in [1.82, 2.24) is 14.9 Å². The number of benzene rings is 1. The van der Waals surface area contributed by atoms with Crippen molar-refractivity contribution in [2.45, 2.75) is 37.1 Å². The number of pyridine rings is 1. The van der Waals surface area contributed by atoms with Gasteiger partial charge in [-0.25, -0.2) is 0 Å². The maximum absolute atomic E-state index is 12.5. The van der Waals surface area contributed by atoms with Crippen LogP contribution in [-0.2, 0) is 4.74 Å². The molecule has 2 amide bonds. The van der Waals surface area contributed by atoms with Crippen molar-refractivity contribution in [3.8, 4) is 5.88 Å². The van der Waals surface area contributed by atoms with Gasteiger partial charge in [-0.05, 0) is 36.7 Å². The van der Waals surface area contributed by atoms with E-state index in [9.17, 15) is 9.59 Å². The Hall–Kier alpha value is -2.49. The van der Waals surface area contributed by atoms with Gasteiger partial charge in [0, 0.05) is 32.8 Å². The van der Waals surface area contributed by atoms with E-state index in [0.717, 1.165) is 22.6 Å². The summed E-state index contributed by atoms with van der Waals surface area (Å²) in [5.41, 5.74) is 2.47. The molecule has 174 valence electrons. The molecule has 1 N–H and O–H groups in total. The van der Waals surface area contributed by atoms with E-state index in [2.05, 4.69) is 45.5 Å². The highest BCUT2D eigenvalue weighted by Gasteiger charge is 2.34. The molecule has 9 heteroatoms. The molecule has 1 aliphatic rings. The number of hydrogen-bond acceptors (Lipinski definition) is 5. The van der Waals surface area contributed by atoms with Crippen LogP contribution in [0.4, 0.5) is 0 Å². The van der Waals surface area contributed by atoms with Crippen LogP contribution in [0.25, 0.3) is 11.0 Å². The lowest BCUT2D eigenvalue weighted by molar-refractivity contribution is 0.0646. The maximum atomic E-state index is 12.5. The van der Waals surface area contributed by atoms with Gasteiger partial charge < -0.3 is 14.5 Å². The summed E-state index contributed by atoms with van der Waals surface area (Å²) in [7, 11) is -1.20. The number of hydrogen-bond donors (Lipinski definition) is 1. The Kier molecular flexibility index (Phi) is 7.01. The third kappa shape index (κ3) is 5.37. The first-order valence-corrected chi connectivity index (χ1v) is 15.7. The zero-order valence-corrected chi connectivity index (χ0v) is 21.6. The lowest BCUT2D eigenvalue weighted by Crippen LogP contribution is -2.31. The molecule has 1 unspecified atom stereocenters. The number of alkyl halides is 1. The Morgan fingerprint density at radius 2 is 1.79 bits per heavy atom. The van der Waals surface area contributed by atoms with Crippen LogP contribution in [0.15, 0.2) is 42.6 Å². The molecule has 4 rings (SSSR count). The predicted octanol–water partition coefficient (Wildman–Crippen LogP) is 5.38. The van der Waals surface area contributed by atoms with Crippen LogP contribution in [0.5, 0.6) is 5.88 Å². The second-order valence-electron chi connectivity index (χ2n) is 9.31. The smallest absolute Gasteiger partial charge is 0.261 e. The van der Waals surface area contributed by atoms with Gasteiger partial charge in [-0.1, -0.05) is 47.7 Å². The highest BCUT2D eigenvalue weighted by Crippen LogP contribution is 2.34. The van der Waals surface area contributed by atoms with Gasteiger partial charge in [0.1, 0.15) is 10.7 Å². The zero-order valence-electron chi connectivity index (χ0n) is 19.1. The lowest BCUT2D eigenvalue weighted by atomic mass is 10.1. The van der Waals surface area contributed by atoms with E-state index < -0.39 is 8.07 Å². The summed E-state index contributed by atoms with van der Waals surface area (Å²) in [6.45, 7) is 8.21. The Labute approximate surface area is 202 Å². The fourth-order valence-electron chi connectivity index (χ4n) is 3.65. The first-order chi connectivity index (χ1) is 15.7. The van der Waals surface area contributed by atoms with Crippen molar-refractivity contribution < 1.29 is 19.1 Å². The number of fused-ring (bicyclic) bond motifs is 2. The number of rotatable bonds is 10. The largest absolute Gasteiger partial charge is 0.477 e. The monoisotopic (exact) mass is 529 g/mol. The second-order valence-corrected chi connectivity index (χ2v) is 15.8. The van der Waals surface area contributed by atoms with Crippen LogP contribution in [0, 0.1) is 0 Å². The Morgan fingerprint density at radius 1 is 1.09 bits per heavy atom. The number of nitrogens with zero attached hydrogens (tertiary/aromatic N) is 2. The number of nitrogens with one attached hydrogen (secondary N) is 1. The van der Waals surface area contributed by atoms with E-state index in [1.807, 2.05) is 18.3 Å². The molecule has 0 saturated carbocycles. The third-order valence-corrected chi connectivity index (χ3v) is 7.99. The molecule has 1 aromatic carbocycles. The highest BCUT2D eigenvalue weighted by molar-refractivity contribution is 9.09. The van der Waals surface area contributed by atoms with Gasteiger partial charge in [0.05, 0.1) is 23.3 Å². The molecule has 1 atom stereocenters. The number of aromatic amines is 1. The normalized spacial score (nSPS) is 14.7. The van der Waals surface area contributed by atoms with E-state index >= 15 is 0 Å². The summed E-state index contributed by atoms with van der Waals surface area (Å²) >= 11 is 3.64. The van der Waals surface area contributed by atoms with Gasteiger partial charge >= 0.3 is 0 Å². The highest BCUT2D eigenvalue weighted by atomic mass is 79.9. The quantitative estimate of drug-likeness (QED) is 0.165. The van der Waals surface area contributed by atoms with Gasteiger partial charge in [0.15, 0.2) is 0 Å². The van der Waals surface area contributed by atoms with E-state index in [-0.39, 0.29) is 23.4 Å². The Bertz CT molecular complexity index is 1140. The van der Waals surface area contributed by atoms with E-state index in [1.165, 1.54) is 4.90 Å². The summed E-state index contributed by atoms with van der Waals surface area (Å²) < 4.78 is 12.1. The minimum Gasteiger partial charge on any atom is -0.477 e. The van der Waals surface area contributed by atoms with Crippen molar-refractivity contribution in [3.63, 3.8) is 0 Å². The van der Waals surface area contributed by atoms with Gasteiger partial charge in [-0.2, -0.15) is 4.98 Å². The molecule has 33 heavy (non-hydrogen) atoms. The fraction of sp³-hybridized carbons (Fsp3) is 0.375. The fourth-order valence-corrected chi connectivity index (χ4v) is 4.90. The molecule has 0 aliphatic carbocycles. The topological polar surface area (TPSA) is 84.5 Å². The summed E-state index contributed by atoms with van der Waals surface area (Å²) in [4.78, 5) is 34.1. The average molecular weight is 530 g/mol. The van der Waals surface area contributed by atoms with Crippen molar-refractivity contribution in [3.05, 3.63) is 59.3 Å². The first kappa shape index (κ1) is 23.7. The van der Waals surface area contributed by atoms with Crippen LogP contribution in [0.1, 0.15) is 37.7 Å². The van der Waals surface area contributed by atoms with Crippen LogP contribution < -0.4 is 4.74 Å². The van der Waals surface area contributed by atoms with Crippen molar-refractivity contribution >= 4 is 46.9 Å². The number of carbonyl (C=O) groups is 2. The number of aromatic nitrogens is 2. The predicted molar refractivity (Wildman–Crippen MR) is 134 cm³/mol. The third-order valence-electron chi connectivity index (χ3n) is 5.53. The first-order valence-electron chi connectivity index (χ1n) is 11.1. The molecule has 2 aromatic heterocycles. The summed E-state index contributed by atoms with van der Waals surface area (Å²) in [5, 5.41) is 0.633. The molecule has 1 aliphatic heterocycles. The van der Waals surface area contributed by atoms with Crippen LogP contribution in [-0.4, -0.2) is 54.5 Å². The number of imide groups is 1. The molecule has 7 nitrogen and oxygen atoms in total. The molecule has 0 fully saturated rings. The Balaban J connectivity index is 1.39. The summed E-state index contributed by atoms with van der Waals surface area (Å²) in [6, 6.07) is 11.9. The van der Waals surface area contributed by atoms with E-state index in [1.54, 1.807) is 24.3 Å². The molecule has 0 bridgehead atoms. The summed E-state index contributed by atoms with van der Waals surface area (Å²) in [5.74, 6) is -0.0285. The number of H-pyrrole nitrogens is 1. The summed E-state index contributed by atoms with van der Waals surface area (Å²) in [6.07, 6.45) is 2.33. The van der Waals surface area contributed by atoms with Gasteiger partial charge in [0.2, 0.25) is 5.88 Å². The van der Waals surface area contributed by atoms with Crippen molar-refractivity contribution in [2.75, 3.05) is 19.8 Å². The minimum atomic E-state index is -1.20. The number of ether oxygens (including phenoxy) is 2. The molecular weight excluding hydrogens is 502 g/mol. The van der Waals surface area contributed by atoms with E-state index in [0.29, 0.717) is 36.6 Å². The average Bonchev–Trinajstić information content (AvgIpc) is 3.32. The minimum absolute atomic E-state index is 0.251. The Morgan fingerprint density at radius 3 is 2.45 bits per heavy atom. The van der Waals surface area contributed by atoms with Crippen molar-refractivity contribution in [1.29, 1.82) is 0 Å². The number of amides is 2. The second kappa shape index (κ2) is 9.78.